The number of fused-ring (bicyclic) bond motifs is 1. The third-order valence-electron chi connectivity index (χ3n) is 5.14. The van der Waals surface area contributed by atoms with Gasteiger partial charge in [0.25, 0.3) is 0 Å². The number of carbonyl (C=O) groups excluding carboxylic acids is 1. The van der Waals surface area contributed by atoms with Crippen LogP contribution >= 0.6 is 11.6 Å². The molecule has 1 saturated heterocycles. The fourth-order valence-electron chi connectivity index (χ4n) is 3.47. The van der Waals surface area contributed by atoms with Crippen molar-refractivity contribution in [3.63, 3.8) is 0 Å². The number of aromatic nitrogens is 1. The number of hydrogen-bond acceptors (Lipinski definition) is 5. The molecule has 150 valence electrons. The molecule has 1 fully saturated rings. The maximum Gasteiger partial charge on any atom is 0.243 e. The third kappa shape index (κ3) is 3.85. The van der Waals surface area contributed by atoms with Gasteiger partial charge in [-0.25, -0.2) is 13.4 Å². The van der Waals surface area contributed by atoms with E-state index in [-0.39, 0.29) is 10.7 Å². The first kappa shape index (κ1) is 19.8. The second-order valence-electron chi connectivity index (χ2n) is 6.96. The number of carbonyl (C=O) groups is 1. The van der Waals surface area contributed by atoms with Crippen molar-refractivity contribution in [2.24, 2.45) is 0 Å². The highest BCUT2D eigenvalue weighted by atomic mass is 35.5. The summed E-state index contributed by atoms with van der Waals surface area (Å²) in [5.74, 6) is 0.653. The molecule has 8 heteroatoms. The van der Waals surface area contributed by atoms with E-state index in [0.717, 1.165) is 16.6 Å². The van der Waals surface area contributed by atoms with Gasteiger partial charge in [-0.3, -0.25) is 4.79 Å². The molecule has 2 heterocycles. The molecule has 3 aromatic rings. The molecule has 0 atom stereocenters. The Labute approximate surface area is 174 Å². The molecule has 4 rings (SSSR count). The molecule has 2 aromatic carbocycles. The van der Waals surface area contributed by atoms with E-state index in [2.05, 4.69) is 4.98 Å². The summed E-state index contributed by atoms with van der Waals surface area (Å²) in [7, 11) is -3.60. The van der Waals surface area contributed by atoms with E-state index in [1.807, 2.05) is 35.2 Å². The molecule has 0 N–H and O–H groups in total. The summed E-state index contributed by atoms with van der Waals surface area (Å²) in [6.45, 7) is 3.19. The summed E-state index contributed by atoms with van der Waals surface area (Å²) in [5.41, 5.74) is 0.494. The van der Waals surface area contributed by atoms with Crippen LogP contribution in [0.2, 0.25) is 5.15 Å². The maximum absolute atomic E-state index is 12.9. The van der Waals surface area contributed by atoms with Crippen molar-refractivity contribution >= 4 is 44.0 Å². The van der Waals surface area contributed by atoms with Crippen LogP contribution in [0.15, 0.2) is 59.5 Å². The van der Waals surface area contributed by atoms with Crippen molar-refractivity contribution in [1.82, 2.24) is 9.29 Å². The highest BCUT2D eigenvalue weighted by Crippen LogP contribution is 2.27. The quantitative estimate of drug-likeness (QED) is 0.468. The Hall–Kier alpha value is -2.48. The standard InChI is InChI=1S/C21H20ClN3O3S/c1-15(26)16-6-8-18(9-7-16)29(27,28)25-12-10-24(11-13-25)20-14-17-4-2-3-5-19(17)21(22)23-20/h2-9,14H,10-13H2,1H3. The molecule has 0 radical (unpaired) electrons. The molecule has 0 saturated carbocycles. The van der Waals surface area contributed by atoms with E-state index in [0.29, 0.717) is 36.9 Å². The first-order chi connectivity index (χ1) is 13.9. The molecular weight excluding hydrogens is 410 g/mol. The minimum Gasteiger partial charge on any atom is -0.354 e. The van der Waals surface area contributed by atoms with E-state index in [9.17, 15) is 13.2 Å². The fourth-order valence-corrected chi connectivity index (χ4v) is 5.15. The molecule has 1 aliphatic heterocycles. The molecular formula is C21H20ClN3O3S. The van der Waals surface area contributed by atoms with Gasteiger partial charge < -0.3 is 4.90 Å². The Bertz CT molecular complexity index is 1170. The number of rotatable bonds is 4. The van der Waals surface area contributed by atoms with Gasteiger partial charge in [0.1, 0.15) is 11.0 Å². The lowest BCUT2D eigenvalue weighted by molar-refractivity contribution is 0.101. The maximum atomic E-state index is 12.9. The molecule has 0 bridgehead atoms. The number of hydrogen-bond donors (Lipinski definition) is 0. The van der Waals surface area contributed by atoms with E-state index >= 15 is 0 Å². The summed E-state index contributed by atoms with van der Waals surface area (Å²) in [6, 6.07) is 15.8. The van der Waals surface area contributed by atoms with E-state index < -0.39 is 10.0 Å². The molecule has 0 aliphatic carbocycles. The van der Waals surface area contributed by atoms with Gasteiger partial charge in [-0.05, 0) is 30.5 Å². The number of piperazine rings is 1. The number of sulfonamides is 1. The molecule has 1 aromatic heterocycles. The Morgan fingerprint density at radius 3 is 2.31 bits per heavy atom. The minimum atomic E-state index is -3.60. The van der Waals surface area contributed by atoms with Crippen molar-refractivity contribution in [2.45, 2.75) is 11.8 Å². The zero-order valence-electron chi connectivity index (χ0n) is 15.9. The lowest BCUT2D eigenvalue weighted by atomic mass is 10.2. The summed E-state index contributed by atoms with van der Waals surface area (Å²) in [6.07, 6.45) is 0. The van der Waals surface area contributed by atoms with Gasteiger partial charge >= 0.3 is 0 Å². The number of Topliss-reactive ketones (excluding diaryl/α,β-unsaturated/α-hetero) is 1. The van der Waals surface area contributed by atoms with Crippen LogP contribution in [0.3, 0.4) is 0 Å². The van der Waals surface area contributed by atoms with Crippen molar-refractivity contribution in [1.29, 1.82) is 0 Å². The summed E-state index contributed by atoms with van der Waals surface area (Å²) in [5, 5.41) is 2.34. The zero-order chi connectivity index (χ0) is 20.6. The van der Waals surface area contributed by atoms with Crippen LogP contribution in [0.25, 0.3) is 10.8 Å². The number of halogens is 1. The van der Waals surface area contributed by atoms with Crippen LogP contribution in [-0.4, -0.2) is 49.7 Å². The van der Waals surface area contributed by atoms with Gasteiger partial charge in [-0.2, -0.15) is 4.31 Å². The first-order valence-corrected chi connectivity index (χ1v) is 11.1. The van der Waals surface area contributed by atoms with E-state index in [1.54, 1.807) is 12.1 Å². The average Bonchev–Trinajstić information content (AvgIpc) is 2.74. The van der Waals surface area contributed by atoms with E-state index in [1.165, 1.54) is 23.4 Å². The molecule has 0 unspecified atom stereocenters. The van der Waals surface area contributed by atoms with Gasteiger partial charge in [0.15, 0.2) is 5.78 Å². The topological polar surface area (TPSA) is 70.6 Å². The summed E-state index contributed by atoms with van der Waals surface area (Å²) < 4.78 is 27.3. The highest BCUT2D eigenvalue weighted by Gasteiger charge is 2.29. The monoisotopic (exact) mass is 429 g/mol. The SMILES string of the molecule is CC(=O)c1ccc(S(=O)(=O)N2CCN(c3cc4ccccc4c(Cl)n3)CC2)cc1. The van der Waals surface area contributed by atoms with Crippen LogP contribution in [0.5, 0.6) is 0 Å². The van der Waals surface area contributed by atoms with Crippen LogP contribution in [0.4, 0.5) is 5.82 Å². The predicted molar refractivity (Wildman–Crippen MR) is 114 cm³/mol. The lowest BCUT2D eigenvalue weighted by Gasteiger charge is -2.34. The second-order valence-corrected chi connectivity index (χ2v) is 9.26. The average molecular weight is 430 g/mol. The number of pyridine rings is 1. The third-order valence-corrected chi connectivity index (χ3v) is 7.34. The normalized spacial score (nSPS) is 15.6. The van der Waals surface area contributed by atoms with Crippen molar-refractivity contribution in [2.75, 3.05) is 31.1 Å². The minimum absolute atomic E-state index is 0.0934. The van der Waals surface area contributed by atoms with Crippen molar-refractivity contribution in [3.8, 4) is 0 Å². The van der Waals surface area contributed by atoms with Crippen LogP contribution < -0.4 is 4.90 Å². The first-order valence-electron chi connectivity index (χ1n) is 9.27. The zero-order valence-corrected chi connectivity index (χ0v) is 17.4. The Morgan fingerprint density at radius 1 is 1.00 bits per heavy atom. The van der Waals surface area contributed by atoms with Gasteiger partial charge in [-0.15, -0.1) is 0 Å². The van der Waals surface area contributed by atoms with Gasteiger partial charge in [0, 0.05) is 37.1 Å². The van der Waals surface area contributed by atoms with Crippen LogP contribution in [0.1, 0.15) is 17.3 Å². The van der Waals surface area contributed by atoms with Gasteiger partial charge in [-0.1, -0.05) is 48.0 Å². The van der Waals surface area contributed by atoms with Crippen molar-refractivity contribution in [3.05, 3.63) is 65.3 Å². The van der Waals surface area contributed by atoms with Gasteiger partial charge in [0.2, 0.25) is 10.0 Å². The molecule has 29 heavy (non-hydrogen) atoms. The summed E-state index contributed by atoms with van der Waals surface area (Å²) >= 11 is 6.33. The van der Waals surface area contributed by atoms with E-state index in [4.69, 9.17) is 11.6 Å². The van der Waals surface area contributed by atoms with Crippen molar-refractivity contribution < 1.29 is 13.2 Å². The molecule has 0 amide bonds. The summed E-state index contributed by atoms with van der Waals surface area (Å²) in [4.78, 5) is 18.1. The second kappa shape index (κ2) is 7.74. The fraction of sp³-hybridized carbons (Fsp3) is 0.238. The highest BCUT2D eigenvalue weighted by molar-refractivity contribution is 7.89. The predicted octanol–water partition coefficient (Wildman–Crippen LogP) is 3.60. The molecule has 6 nitrogen and oxygen atoms in total. The number of benzene rings is 2. The van der Waals surface area contributed by atoms with Crippen LogP contribution in [-0.2, 0) is 10.0 Å². The largest absolute Gasteiger partial charge is 0.354 e. The molecule has 1 aliphatic rings. The van der Waals surface area contributed by atoms with Gasteiger partial charge in [0.05, 0.1) is 4.90 Å². The van der Waals surface area contributed by atoms with Crippen LogP contribution in [0, 0.1) is 0 Å². The Balaban J connectivity index is 1.51. The smallest absolute Gasteiger partial charge is 0.243 e. The Morgan fingerprint density at radius 2 is 1.66 bits per heavy atom. The Kier molecular flexibility index (Phi) is 5.29. The number of nitrogens with zero attached hydrogens (tertiary/aromatic N) is 3. The number of ketones is 1. The molecule has 0 spiro atoms. The number of anilines is 1. The lowest BCUT2D eigenvalue weighted by Crippen LogP contribution is -2.48.